The van der Waals surface area contributed by atoms with Crippen LogP contribution in [-0.2, 0) is 24.3 Å². The lowest BCUT2D eigenvalue weighted by Crippen LogP contribution is -2.36. The molecular formula is C20H24N2O6S. The van der Waals surface area contributed by atoms with Crippen molar-refractivity contribution in [3.8, 4) is 5.75 Å². The summed E-state index contributed by atoms with van der Waals surface area (Å²) in [7, 11) is -4.06. The molecule has 1 amide bonds. The molecule has 0 radical (unpaired) electrons. The number of rotatable bonds is 9. The standard InChI is InChI=1S/C20H24N2O6S/c1-4-27-18-10-8-17(9-11-18)22(14-20(24)28-5-2)29(25,26)19-12-6-16(7-13-19)21-15(3)23/h6-13H,4-5,14H2,1-3H3,(H,21,23). The number of ether oxygens (including phenoxy) is 2. The maximum absolute atomic E-state index is 13.2. The highest BCUT2D eigenvalue weighted by Gasteiger charge is 2.27. The average molecular weight is 420 g/mol. The fraction of sp³-hybridized carbons (Fsp3) is 0.300. The molecule has 0 atom stereocenters. The number of benzene rings is 2. The smallest absolute Gasteiger partial charge is 0.326 e. The molecule has 156 valence electrons. The van der Waals surface area contributed by atoms with Crippen LogP contribution in [0.4, 0.5) is 11.4 Å². The Labute approximate surface area is 170 Å². The van der Waals surface area contributed by atoms with Crippen molar-refractivity contribution in [2.45, 2.75) is 25.7 Å². The molecule has 1 N–H and O–H groups in total. The van der Waals surface area contributed by atoms with Gasteiger partial charge in [-0.15, -0.1) is 0 Å². The summed E-state index contributed by atoms with van der Waals surface area (Å²) in [6.07, 6.45) is 0. The molecule has 0 aliphatic carbocycles. The van der Waals surface area contributed by atoms with Crippen molar-refractivity contribution in [3.63, 3.8) is 0 Å². The van der Waals surface area contributed by atoms with Gasteiger partial charge in [-0.25, -0.2) is 8.42 Å². The summed E-state index contributed by atoms with van der Waals surface area (Å²) in [5.41, 5.74) is 0.766. The van der Waals surface area contributed by atoms with Gasteiger partial charge >= 0.3 is 5.97 Å². The van der Waals surface area contributed by atoms with Crippen LogP contribution in [0.25, 0.3) is 0 Å². The highest BCUT2D eigenvalue weighted by atomic mass is 32.2. The van der Waals surface area contributed by atoms with Gasteiger partial charge in [-0.3, -0.25) is 13.9 Å². The van der Waals surface area contributed by atoms with Crippen LogP contribution in [0.15, 0.2) is 53.4 Å². The fourth-order valence-electron chi connectivity index (χ4n) is 2.55. The van der Waals surface area contributed by atoms with E-state index in [1.54, 1.807) is 31.2 Å². The van der Waals surface area contributed by atoms with E-state index in [9.17, 15) is 18.0 Å². The number of carbonyl (C=O) groups excluding carboxylic acids is 2. The predicted octanol–water partition coefficient (Wildman–Crippen LogP) is 2.80. The minimum absolute atomic E-state index is 0.0233. The van der Waals surface area contributed by atoms with Gasteiger partial charge in [0.25, 0.3) is 10.0 Å². The normalized spacial score (nSPS) is 10.9. The fourth-order valence-corrected chi connectivity index (χ4v) is 3.96. The number of hydrogen-bond donors (Lipinski definition) is 1. The van der Waals surface area contributed by atoms with E-state index in [2.05, 4.69) is 5.32 Å². The minimum Gasteiger partial charge on any atom is -0.494 e. The van der Waals surface area contributed by atoms with Crippen LogP contribution < -0.4 is 14.4 Å². The zero-order valence-corrected chi connectivity index (χ0v) is 17.4. The average Bonchev–Trinajstić information content (AvgIpc) is 2.67. The Morgan fingerprint density at radius 3 is 2.10 bits per heavy atom. The van der Waals surface area contributed by atoms with Gasteiger partial charge in [0.05, 0.1) is 23.8 Å². The summed E-state index contributed by atoms with van der Waals surface area (Å²) in [6, 6.07) is 12.1. The molecule has 0 aliphatic rings. The summed E-state index contributed by atoms with van der Waals surface area (Å²) in [4.78, 5) is 23.2. The molecule has 0 heterocycles. The highest BCUT2D eigenvalue weighted by molar-refractivity contribution is 7.92. The van der Waals surface area contributed by atoms with Crippen LogP contribution in [0.3, 0.4) is 0 Å². The van der Waals surface area contributed by atoms with E-state index in [0.29, 0.717) is 23.7 Å². The molecule has 2 rings (SSSR count). The molecule has 29 heavy (non-hydrogen) atoms. The van der Waals surface area contributed by atoms with Crippen LogP contribution >= 0.6 is 0 Å². The van der Waals surface area contributed by atoms with Gasteiger partial charge in [-0.1, -0.05) is 0 Å². The Bertz CT molecular complexity index is 940. The van der Waals surface area contributed by atoms with Crippen LogP contribution in [0, 0.1) is 0 Å². The van der Waals surface area contributed by atoms with E-state index >= 15 is 0 Å². The quantitative estimate of drug-likeness (QED) is 0.626. The highest BCUT2D eigenvalue weighted by Crippen LogP contribution is 2.26. The van der Waals surface area contributed by atoms with Crippen LogP contribution in [0.2, 0.25) is 0 Å². The second kappa shape index (κ2) is 9.92. The molecule has 0 unspecified atom stereocenters. The number of carbonyl (C=O) groups is 2. The van der Waals surface area contributed by atoms with Crippen LogP contribution in [0.5, 0.6) is 5.75 Å². The Morgan fingerprint density at radius 2 is 1.59 bits per heavy atom. The van der Waals surface area contributed by atoms with Crippen molar-refractivity contribution in [1.82, 2.24) is 0 Å². The molecule has 0 saturated heterocycles. The molecule has 0 saturated carbocycles. The second-order valence-corrected chi connectivity index (χ2v) is 7.81. The lowest BCUT2D eigenvalue weighted by atomic mass is 10.3. The Morgan fingerprint density at radius 1 is 0.966 bits per heavy atom. The number of sulfonamides is 1. The van der Waals surface area contributed by atoms with Gasteiger partial charge in [-0.05, 0) is 62.4 Å². The van der Waals surface area contributed by atoms with Gasteiger partial charge in [0.1, 0.15) is 12.3 Å². The Balaban J connectivity index is 2.40. The van der Waals surface area contributed by atoms with Crippen molar-refractivity contribution in [2.24, 2.45) is 0 Å². The zero-order valence-electron chi connectivity index (χ0n) is 16.5. The molecule has 0 spiro atoms. The van der Waals surface area contributed by atoms with E-state index in [1.165, 1.54) is 31.2 Å². The van der Waals surface area contributed by atoms with Crippen molar-refractivity contribution in [2.75, 3.05) is 29.4 Å². The third-order valence-corrected chi connectivity index (χ3v) is 5.56. The first-order chi connectivity index (χ1) is 13.8. The molecule has 9 heteroatoms. The molecule has 0 aromatic heterocycles. The number of anilines is 2. The number of hydrogen-bond acceptors (Lipinski definition) is 6. The molecular weight excluding hydrogens is 396 g/mol. The first kappa shape index (κ1) is 22.2. The first-order valence-corrected chi connectivity index (χ1v) is 10.5. The van der Waals surface area contributed by atoms with E-state index < -0.39 is 22.5 Å². The van der Waals surface area contributed by atoms with Gasteiger partial charge in [0, 0.05) is 12.6 Å². The number of nitrogens with zero attached hydrogens (tertiary/aromatic N) is 1. The number of nitrogens with one attached hydrogen (secondary N) is 1. The van der Waals surface area contributed by atoms with Gasteiger partial charge in [0.2, 0.25) is 5.91 Å². The maximum atomic E-state index is 13.2. The molecule has 0 aliphatic heterocycles. The number of amides is 1. The monoisotopic (exact) mass is 420 g/mol. The van der Waals surface area contributed by atoms with Crippen molar-refractivity contribution in [1.29, 1.82) is 0 Å². The summed E-state index contributed by atoms with van der Waals surface area (Å²) in [5, 5.41) is 2.58. The third kappa shape index (κ3) is 5.95. The molecule has 2 aromatic carbocycles. The lowest BCUT2D eigenvalue weighted by Gasteiger charge is -2.24. The van der Waals surface area contributed by atoms with Gasteiger partial charge < -0.3 is 14.8 Å². The molecule has 0 bridgehead atoms. The topological polar surface area (TPSA) is 102 Å². The first-order valence-electron chi connectivity index (χ1n) is 9.06. The van der Waals surface area contributed by atoms with Crippen molar-refractivity contribution in [3.05, 3.63) is 48.5 Å². The zero-order chi connectivity index (χ0) is 21.4. The van der Waals surface area contributed by atoms with E-state index in [-0.39, 0.29) is 17.4 Å². The van der Waals surface area contributed by atoms with E-state index in [0.717, 1.165) is 4.31 Å². The van der Waals surface area contributed by atoms with Gasteiger partial charge in [0.15, 0.2) is 0 Å². The largest absolute Gasteiger partial charge is 0.494 e. The number of esters is 1. The third-order valence-electron chi connectivity index (χ3n) is 3.78. The predicted molar refractivity (Wildman–Crippen MR) is 110 cm³/mol. The maximum Gasteiger partial charge on any atom is 0.326 e. The summed E-state index contributed by atoms with van der Waals surface area (Å²) < 4.78 is 37.7. The minimum atomic E-state index is -4.06. The summed E-state index contributed by atoms with van der Waals surface area (Å²) in [6.45, 7) is 4.99. The second-order valence-electron chi connectivity index (χ2n) is 5.95. The molecule has 8 nitrogen and oxygen atoms in total. The molecule has 0 fully saturated rings. The summed E-state index contributed by atoms with van der Waals surface area (Å²) in [5.74, 6) is -0.344. The Hall–Kier alpha value is -3.07. The molecule has 2 aromatic rings. The van der Waals surface area contributed by atoms with E-state index in [4.69, 9.17) is 9.47 Å². The van der Waals surface area contributed by atoms with E-state index in [1.807, 2.05) is 6.92 Å². The van der Waals surface area contributed by atoms with Crippen molar-refractivity contribution >= 4 is 33.3 Å². The van der Waals surface area contributed by atoms with Gasteiger partial charge in [-0.2, -0.15) is 0 Å². The Kier molecular flexibility index (Phi) is 7.60. The SMILES string of the molecule is CCOC(=O)CN(c1ccc(OCC)cc1)S(=O)(=O)c1ccc(NC(C)=O)cc1. The van der Waals surface area contributed by atoms with Crippen LogP contribution in [0.1, 0.15) is 20.8 Å². The summed E-state index contributed by atoms with van der Waals surface area (Å²) >= 11 is 0. The van der Waals surface area contributed by atoms with Crippen molar-refractivity contribution < 1.29 is 27.5 Å². The lowest BCUT2D eigenvalue weighted by molar-refractivity contribution is -0.141. The van der Waals surface area contributed by atoms with Crippen LogP contribution in [-0.4, -0.2) is 40.1 Å².